The lowest BCUT2D eigenvalue weighted by Crippen LogP contribution is -2.33. The van der Waals surface area contributed by atoms with Crippen LogP contribution in [0, 0.1) is 11.2 Å². The van der Waals surface area contributed by atoms with Crippen LogP contribution >= 0.6 is 0 Å². The predicted molar refractivity (Wildman–Crippen MR) is 67.1 cm³/mol. The molecular formula is C13H21FN2. The van der Waals surface area contributed by atoms with Crippen molar-refractivity contribution in [2.75, 3.05) is 25.0 Å². The van der Waals surface area contributed by atoms with Gasteiger partial charge in [0, 0.05) is 13.6 Å². The van der Waals surface area contributed by atoms with Crippen LogP contribution in [0.4, 0.5) is 10.1 Å². The van der Waals surface area contributed by atoms with Crippen molar-refractivity contribution >= 4 is 5.69 Å². The molecule has 3 heteroatoms. The van der Waals surface area contributed by atoms with Gasteiger partial charge in [0.25, 0.3) is 0 Å². The topological polar surface area (TPSA) is 29.3 Å². The van der Waals surface area contributed by atoms with Gasteiger partial charge in [-0.25, -0.2) is 4.39 Å². The fourth-order valence-electron chi connectivity index (χ4n) is 1.96. The highest BCUT2D eigenvalue weighted by Crippen LogP contribution is 2.25. The number of halogens is 1. The molecule has 0 aromatic heterocycles. The van der Waals surface area contributed by atoms with Gasteiger partial charge in [0.15, 0.2) is 0 Å². The van der Waals surface area contributed by atoms with Gasteiger partial charge in [-0.15, -0.1) is 0 Å². The minimum Gasteiger partial charge on any atom is -0.372 e. The number of rotatable bonds is 5. The number of hydrogen-bond donors (Lipinski definition) is 1. The molecular weight excluding hydrogens is 203 g/mol. The summed E-state index contributed by atoms with van der Waals surface area (Å²) in [7, 11) is 1.91. The number of nitrogens with two attached hydrogens (primary N) is 1. The molecule has 2 nitrogen and oxygen atoms in total. The highest BCUT2D eigenvalue weighted by atomic mass is 19.1. The van der Waals surface area contributed by atoms with Crippen LogP contribution in [0.5, 0.6) is 0 Å². The molecule has 0 fully saturated rings. The Balaban J connectivity index is 2.72. The van der Waals surface area contributed by atoms with Crippen molar-refractivity contribution in [3.05, 3.63) is 30.1 Å². The van der Waals surface area contributed by atoms with E-state index in [1.807, 2.05) is 18.0 Å². The maximum Gasteiger partial charge on any atom is 0.146 e. The molecule has 0 aliphatic heterocycles. The SMILES string of the molecule is CN(CC(C)(C)CCN)c1ccccc1F. The average Bonchev–Trinajstić information content (AvgIpc) is 2.17. The minimum absolute atomic E-state index is 0.103. The summed E-state index contributed by atoms with van der Waals surface area (Å²) in [5, 5.41) is 0. The molecule has 1 aromatic carbocycles. The molecule has 0 bridgehead atoms. The number of hydrogen-bond acceptors (Lipinski definition) is 2. The summed E-state index contributed by atoms with van der Waals surface area (Å²) in [6.45, 7) is 5.76. The van der Waals surface area contributed by atoms with Gasteiger partial charge in [-0.2, -0.15) is 0 Å². The van der Waals surface area contributed by atoms with Crippen molar-refractivity contribution in [3.63, 3.8) is 0 Å². The van der Waals surface area contributed by atoms with E-state index in [-0.39, 0.29) is 11.2 Å². The maximum atomic E-state index is 13.5. The van der Waals surface area contributed by atoms with Crippen molar-refractivity contribution in [2.24, 2.45) is 11.1 Å². The van der Waals surface area contributed by atoms with E-state index in [4.69, 9.17) is 5.73 Å². The summed E-state index contributed by atoms with van der Waals surface area (Å²) in [6, 6.07) is 6.85. The highest BCUT2D eigenvalue weighted by Gasteiger charge is 2.20. The standard InChI is InChI=1S/C13H21FN2/c1-13(2,8-9-15)10-16(3)12-7-5-4-6-11(12)14/h4-7H,8-10,15H2,1-3H3. The molecule has 0 unspecified atom stereocenters. The van der Waals surface area contributed by atoms with Crippen molar-refractivity contribution in [2.45, 2.75) is 20.3 Å². The van der Waals surface area contributed by atoms with Gasteiger partial charge in [-0.3, -0.25) is 0 Å². The summed E-state index contributed by atoms with van der Waals surface area (Å²) < 4.78 is 13.5. The Morgan fingerprint density at radius 2 is 1.94 bits per heavy atom. The first-order chi connectivity index (χ1) is 7.46. The van der Waals surface area contributed by atoms with E-state index in [9.17, 15) is 4.39 Å². The Labute approximate surface area is 97.3 Å². The molecule has 0 radical (unpaired) electrons. The van der Waals surface area contributed by atoms with Crippen molar-refractivity contribution in [1.82, 2.24) is 0 Å². The third-order valence-electron chi connectivity index (χ3n) is 2.75. The highest BCUT2D eigenvalue weighted by molar-refractivity contribution is 5.46. The summed E-state index contributed by atoms with van der Waals surface area (Å²) in [4.78, 5) is 1.95. The summed E-state index contributed by atoms with van der Waals surface area (Å²) in [5.41, 5.74) is 6.32. The first-order valence-corrected chi connectivity index (χ1v) is 5.62. The summed E-state index contributed by atoms with van der Waals surface area (Å²) in [6.07, 6.45) is 0.936. The van der Waals surface area contributed by atoms with Crippen LogP contribution in [0.25, 0.3) is 0 Å². The van der Waals surface area contributed by atoms with E-state index in [0.29, 0.717) is 12.2 Å². The van der Waals surface area contributed by atoms with Crippen molar-refractivity contribution in [1.29, 1.82) is 0 Å². The molecule has 2 N–H and O–H groups in total. The average molecular weight is 224 g/mol. The van der Waals surface area contributed by atoms with Crippen LogP contribution in [-0.4, -0.2) is 20.1 Å². The van der Waals surface area contributed by atoms with Gasteiger partial charge in [-0.05, 0) is 30.5 Å². The van der Waals surface area contributed by atoms with E-state index in [0.717, 1.165) is 13.0 Å². The van der Waals surface area contributed by atoms with Gasteiger partial charge >= 0.3 is 0 Å². The molecule has 0 aliphatic rings. The van der Waals surface area contributed by atoms with E-state index in [1.54, 1.807) is 12.1 Å². The summed E-state index contributed by atoms with van der Waals surface area (Å²) in [5.74, 6) is -0.173. The third kappa shape index (κ3) is 3.49. The Morgan fingerprint density at radius 3 is 2.50 bits per heavy atom. The number of anilines is 1. The van der Waals surface area contributed by atoms with Crippen LogP contribution in [-0.2, 0) is 0 Å². The minimum atomic E-state index is -0.173. The van der Waals surface area contributed by atoms with Crippen molar-refractivity contribution < 1.29 is 4.39 Å². The van der Waals surface area contributed by atoms with Gasteiger partial charge in [0.05, 0.1) is 5.69 Å². The molecule has 0 amide bonds. The van der Waals surface area contributed by atoms with Crippen molar-refractivity contribution in [3.8, 4) is 0 Å². The fraction of sp³-hybridized carbons (Fsp3) is 0.538. The smallest absolute Gasteiger partial charge is 0.146 e. The normalized spacial score (nSPS) is 11.6. The van der Waals surface area contributed by atoms with Gasteiger partial charge in [-0.1, -0.05) is 26.0 Å². The molecule has 16 heavy (non-hydrogen) atoms. The van der Waals surface area contributed by atoms with Crippen LogP contribution in [0.2, 0.25) is 0 Å². The number of para-hydroxylation sites is 1. The van der Waals surface area contributed by atoms with Gasteiger partial charge < -0.3 is 10.6 Å². The Bertz CT molecular complexity index is 336. The molecule has 0 atom stereocenters. The molecule has 0 saturated carbocycles. The predicted octanol–water partition coefficient (Wildman–Crippen LogP) is 2.64. The molecule has 90 valence electrons. The molecule has 0 aliphatic carbocycles. The van der Waals surface area contributed by atoms with E-state index < -0.39 is 0 Å². The zero-order valence-electron chi connectivity index (χ0n) is 10.3. The first-order valence-electron chi connectivity index (χ1n) is 5.62. The monoisotopic (exact) mass is 224 g/mol. The summed E-state index contributed by atoms with van der Waals surface area (Å²) >= 11 is 0. The van der Waals surface area contributed by atoms with E-state index >= 15 is 0 Å². The van der Waals surface area contributed by atoms with Crippen LogP contribution in [0.3, 0.4) is 0 Å². The Kier molecular flexibility index (Phi) is 4.30. The second-order valence-corrected chi connectivity index (χ2v) is 5.01. The quantitative estimate of drug-likeness (QED) is 0.833. The first kappa shape index (κ1) is 13.0. The Hall–Kier alpha value is -1.09. The van der Waals surface area contributed by atoms with Crippen LogP contribution < -0.4 is 10.6 Å². The maximum absolute atomic E-state index is 13.5. The second-order valence-electron chi connectivity index (χ2n) is 5.01. The largest absolute Gasteiger partial charge is 0.372 e. The van der Waals surface area contributed by atoms with Crippen LogP contribution in [0.15, 0.2) is 24.3 Å². The molecule has 0 heterocycles. The lowest BCUT2D eigenvalue weighted by atomic mass is 9.88. The molecule has 0 saturated heterocycles. The van der Waals surface area contributed by atoms with Crippen LogP contribution in [0.1, 0.15) is 20.3 Å². The zero-order chi connectivity index (χ0) is 12.2. The third-order valence-corrected chi connectivity index (χ3v) is 2.75. The fourth-order valence-corrected chi connectivity index (χ4v) is 1.96. The zero-order valence-corrected chi connectivity index (χ0v) is 10.3. The lowest BCUT2D eigenvalue weighted by molar-refractivity contribution is 0.346. The lowest BCUT2D eigenvalue weighted by Gasteiger charge is -2.31. The van der Waals surface area contributed by atoms with Gasteiger partial charge in [0.2, 0.25) is 0 Å². The molecule has 0 spiro atoms. The number of benzene rings is 1. The van der Waals surface area contributed by atoms with E-state index in [1.165, 1.54) is 6.07 Å². The van der Waals surface area contributed by atoms with Gasteiger partial charge in [0.1, 0.15) is 5.82 Å². The van der Waals surface area contributed by atoms with E-state index in [2.05, 4.69) is 13.8 Å². The molecule has 1 rings (SSSR count). The molecule has 1 aromatic rings. The Morgan fingerprint density at radius 1 is 1.31 bits per heavy atom. The second kappa shape index (κ2) is 5.30. The number of nitrogens with zero attached hydrogens (tertiary/aromatic N) is 1.